The molecule has 4 fully saturated rings. The van der Waals surface area contributed by atoms with Gasteiger partial charge in [0.05, 0.1) is 7.11 Å². The Morgan fingerprint density at radius 2 is 1.51 bits per heavy atom. The second-order valence-electron chi connectivity index (χ2n) is 13.4. The van der Waals surface area contributed by atoms with Crippen molar-refractivity contribution in [2.75, 3.05) is 7.11 Å². The summed E-state index contributed by atoms with van der Waals surface area (Å²) in [4.78, 5) is 48.5. The van der Waals surface area contributed by atoms with Crippen LogP contribution in [0.1, 0.15) is 99.3 Å². The smallest absolute Gasteiger partial charge is 0.305 e. The normalized spacial score (nSPS) is 41.7. The summed E-state index contributed by atoms with van der Waals surface area (Å²) in [6.45, 7) is 11.3. The van der Waals surface area contributed by atoms with E-state index in [1.54, 1.807) is 0 Å². The zero-order valence-electron chi connectivity index (χ0n) is 24.8. The summed E-state index contributed by atoms with van der Waals surface area (Å²) >= 11 is 0. The van der Waals surface area contributed by atoms with Crippen LogP contribution in [0.5, 0.6) is 0 Å². The van der Waals surface area contributed by atoms with Crippen LogP contribution in [0.25, 0.3) is 0 Å². The Balaban J connectivity index is 1.70. The molecule has 0 aromatic rings. The van der Waals surface area contributed by atoms with Gasteiger partial charge in [-0.15, -0.1) is 0 Å². The highest BCUT2D eigenvalue weighted by atomic mass is 16.6. The zero-order valence-corrected chi connectivity index (χ0v) is 24.8. The van der Waals surface area contributed by atoms with Gasteiger partial charge >= 0.3 is 23.9 Å². The van der Waals surface area contributed by atoms with E-state index in [4.69, 9.17) is 18.9 Å². The fourth-order valence-corrected chi connectivity index (χ4v) is 9.77. The Morgan fingerprint density at radius 3 is 2.13 bits per heavy atom. The van der Waals surface area contributed by atoms with Crippen molar-refractivity contribution in [2.45, 2.75) is 118 Å². The van der Waals surface area contributed by atoms with Crippen LogP contribution in [0, 0.1) is 46.3 Å². The molecule has 39 heavy (non-hydrogen) atoms. The Morgan fingerprint density at radius 1 is 0.846 bits per heavy atom. The number of fused-ring (bicyclic) bond motifs is 5. The molecular formula is C31H48O8. The van der Waals surface area contributed by atoms with E-state index in [-0.39, 0.29) is 88.5 Å². The molecule has 8 heteroatoms. The van der Waals surface area contributed by atoms with Crippen molar-refractivity contribution < 1.29 is 38.1 Å². The molecule has 0 aliphatic heterocycles. The molecule has 0 unspecified atom stereocenters. The van der Waals surface area contributed by atoms with Crippen molar-refractivity contribution in [3.05, 3.63) is 0 Å². The first-order chi connectivity index (χ1) is 18.3. The maximum Gasteiger partial charge on any atom is 0.305 e. The van der Waals surface area contributed by atoms with Crippen molar-refractivity contribution in [1.29, 1.82) is 0 Å². The fraction of sp³-hybridized carbons (Fsp3) is 0.871. The van der Waals surface area contributed by atoms with Crippen molar-refractivity contribution >= 4 is 23.9 Å². The van der Waals surface area contributed by atoms with Gasteiger partial charge in [0.1, 0.15) is 18.3 Å². The van der Waals surface area contributed by atoms with E-state index in [1.807, 2.05) is 0 Å². The number of carbonyl (C=O) groups is 4. The molecule has 0 radical (unpaired) electrons. The molecule has 0 saturated heterocycles. The predicted molar refractivity (Wildman–Crippen MR) is 143 cm³/mol. The first-order valence-electron chi connectivity index (χ1n) is 14.9. The highest BCUT2D eigenvalue weighted by molar-refractivity contribution is 5.69. The van der Waals surface area contributed by atoms with Gasteiger partial charge in [-0.3, -0.25) is 19.2 Å². The van der Waals surface area contributed by atoms with E-state index in [2.05, 4.69) is 20.8 Å². The molecule has 4 aliphatic rings. The van der Waals surface area contributed by atoms with E-state index >= 15 is 0 Å². The van der Waals surface area contributed by atoms with Gasteiger partial charge in [-0.05, 0) is 86.4 Å². The molecule has 0 spiro atoms. The number of hydrogen-bond donors (Lipinski definition) is 0. The number of ether oxygens (including phenoxy) is 4. The third-order valence-corrected chi connectivity index (χ3v) is 11.4. The van der Waals surface area contributed by atoms with Crippen LogP contribution in [0.3, 0.4) is 0 Å². The lowest BCUT2D eigenvalue weighted by Crippen LogP contribution is -2.63. The van der Waals surface area contributed by atoms with Crippen molar-refractivity contribution in [1.82, 2.24) is 0 Å². The maximum atomic E-state index is 12.5. The second-order valence-corrected chi connectivity index (χ2v) is 13.4. The lowest BCUT2D eigenvalue weighted by molar-refractivity contribution is -0.224. The molecule has 11 atom stereocenters. The van der Waals surface area contributed by atoms with E-state index in [0.29, 0.717) is 6.42 Å². The third kappa shape index (κ3) is 5.58. The molecule has 0 aromatic heterocycles. The summed E-state index contributed by atoms with van der Waals surface area (Å²) in [5.74, 6) is 0.438. The van der Waals surface area contributed by atoms with Gasteiger partial charge in [0.2, 0.25) is 0 Å². The Bertz CT molecular complexity index is 962. The number of carbonyl (C=O) groups excluding carboxylic acids is 4. The topological polar surface area (TPSA) is 105 Å². The van der Waals surface area contributed by atoms with Gasteiger partial charge < -0.3 is 18.9 Å². The standard InChI is InChI=1S/C31H48O8/c1-17(8-11-28(35)36-7)23-9-10-24-29-25(16-27(31(23,24)6)39-20(4)34)30(5)13-12-22(37-18(2)32)14-21(30)15-26(29)38-19(3)33/h17,21-27,29H,8-16H2,1-7H3/t17-,21+,22-,23-,24+,25+,26-,27+,29+,30+,31-/m1/s1. The van der Waals surface area contributed by atoms with Gasteiger partial charge in [0.15, 0.2) is 0 Å². The molecular weight excluding hydrogens is 500 g/mol. The Hall–Kier alpha value is -2.12. The van der Waals surface area contributed by atoms with Crippen LogP contribution >= 0.6 is 0 Å². The predicted octanol–water partition coefficient (Wildman–Crippen LogP) is 5.25. The lowest BCUT2D eigenvalue weighted by Gasteiger charge is -2.64. The van der Waals surface area contributed by atoms with Gasteiger partial charge in [0, 0.05) is 38.5 Å². The van der Waals surface area contributed by atoms with Crippen LogP contribution in [0.4, 0.5) is 0 Å². The monoisotopic (exact) mass is 548 g/mol. The minimum atomic E-state index is -0.279. The molecule has 0 N–H and O–H groups in total. The molecule has 4 rings (SSSR count). The lowest BCUT2D eigenvalue weighted by atomic mass is 9.43. The van der Waals surface area contributed by atoms with Gasteiger partial charge in [-0.1, -0.05) is 20.8 Å². The van der Waals surface area contributed by atoms with Crippen LogP contribution in [-0.2, 0) is 38.1 Å². The average Bonchev–Trinajstić information content (AvgIpc) is 3.20. The van der Waals surface area contributed by atoms with Crippen molar-refractivity contribution in [3.8, 4) is 0 Å². The largest absolute Gasteiger partial charge is 0.469 e. The summed E-state index contributed by atoms with van der Waals surface area (Å²) in [6, 6.07) is 0. The van der Waals surface area contributed by atoms with Crippen molar-refractivity contribution in [3.63, 3.8) is 0 Å². The molecule has 4 aliphatic carbocycles. The summed E-state index contributed by atoms with van der Waals surface area (Å²) < 4.78 is 22.8. The van der Waals surface area contributed by atoms with Gasteiger partial charge in [0.25, 0.3) is 0 Å². The summed E-state index contributed by atoms with van der Waals surface area (Å²) in [5.41, 5.74) is -0.300. The van der Waals surface area contributed by atoms with E-state index < -0.39 is 0 Å². The third-order valence-electron chi connectivity index (χ3n) is 11.4. The highest BCUT2D eigenvalue weighted by Gasteiger charge is 2.67. The maximum absolute atomic E-state index is 12.5. The average molecular weight is 549 g/mol. The van der Waals surface area contributed by atoms with E-state index in [1.165, 1.54) is 27.9 Å². The quantitative estimate of drug-likeness (QED) is 0.314. The molecule has 220 valence electrons. The number of rotatable bonds is 7. The summed E-state index contributed by atoms with van der Waals surface area (Å²) in [5, 5.41) is 0. The SMILES string of the molecule is COC(=O)CC[C@@H](C)[C@H]1CC[C@H]2[C@@H]3[C@H](OC(C)=O)C[C@@H]4C[C@H](OC(C)=O)CC[C@]4(C)[C@H]3C[C@H](OC(C)=O)[C@]12C. The molecule has 0 amide bonds. The van der Waals surface area contributed by atoms with Crippen LogP contribution < -0.4 is 0 Å². The molecule has 4 saturated carbocycles. The minimum absolute atomic E-state index is 0.0215. The first kappa shape index (κ1) is 29.9. The minimum Gasteiger partial charge on any atom is -0.469 e. The van der Waals surface area contributed by atoms with Crippen LogP contribution in [-0.4, -0.2) is 49.3 Å². The van der Waals surface area contributed by atoms with Gasteiger partial charge in [-0.25, -0.2) is 0 Å². The number of hydrogen-bond acceptors (Lipinski definition) is 8. The van der Waals surface area contributed by atoms with Crippen molar-refractivity contribution in [2.24, 2.45) is 46.3 Å². The molecule has 8 nitrogen and oxygen atoms in total. The van der Waals surface area contributed by atoms with E-state index in [0.717, 1.165) is 51.4 Å². The number of methoxy groups -OCH3 is 1. The fourth-order valence-electron chi connectivity index (χ4n) is 9.77. The van der Waals surface area contributed by atoms with Gasteiger partial charge in [-0.2, -0.15) is 0 Å². The van der Waals surface area contributed by atoms with Crippen LogP contribution in [0.2, 0.25) is 0 Å². The molecule has 0 heterocycles. The highest BCUT2D eigenvalue weighted by Crippen LogP contribution is 2.69. The van der Waals surface area contributed by atoms with Crippen LogP contribution in [0.15, 0.2) is 0 Å². The number of esters is 4. The van der Waals surface area contributed by atoms with E-state index in [9.17, 15) is 19.2 Å². The Kier molecular flexibility index (Phi) is 8.73. The molecule has 0 aromatic carbocycles. The Labute approximate surface area is 233 Å². The summed E-state index contributed by atoms with van der Waals surface area (Å²) in [6.07, 6.45) is 6.53. The first-order valence-corrected chi connectivity index (χ1v) is 14.9. The summed E-state index contributed by atoms with van der Waals surface area (Å²) in [7, 11) is 1.42. The molecule has 0 bridgehead atoms. The zero-order chi connectivity index (χ0) is 28.7. The second kappa shape index (κ2) is 11.4.